The summed E-state index contributed by atoms with van der Waals surface area (Å²) in [4.78, 5) is 12.8. The van der Waals surface area contributed by atoms with E-state index in [2.05, 4.69) is 31.3 Å². The standard InChI is InChI=1S/C28H30NO3P/c1-3-4-5-16-33(31)19-21-8-14-25(15-9-21)29-28(30)24-13-12-23-17-26(32-27(23)18-24)22-10-6-20(2)7-11-22/h6-15,17-18,33H,3-5,16,19H2,1-2H3,(H,29,30). The highest BCUT2D eigenvalue weighted by atomic mass is 31.1. The van der Waals surface area contributed by atoms with Crippen LogP contribution >= 0.6 is 7.80 Å². The van der Waals surface area contributed by atoms with Crippen molar-refractivity contribution in [1.82, 2.24) is 0 Å². The highest BCUT2D eigenvalue weighted by Gasteiger charge is 2.11. The van der Waals surface area contributed by atoms with Gasteiger partial charge in [0.1, 0.15) is 11.3 Å². The van der Waals surface area contributed by atoms with E-state index in [1.165, 1.54) is 5.56 Å². The van der Waals surface area contributed by atoms with E-state index >= 15 is 0 Å². The molecule has 1 amide bonds. The lowest BCUT2D eigenvalue weighted by Crippen LogP contribution is -2.11. The minimum atomic E-state index is -1.58. The van der Waals surface area contributed by atoms with Crippen LogP contribution < -0.4 is 5.32 Å². The Morgan fingerprint density at radius 2 is 1.70 bits per heavy atom. The highest BCUT2D eigenvalue weighted by Crippen LogP contribution is 2.30. The molecule has 0 fully saturated rings. The zero-order chi connectivity index (χ0) is 23.2. The summed E-state index contributed by atoms with van der Waals surface area (Å²) in [5.41, 5.74) is 5.20. The van der Waals surface area contributed by atoms with Crippen molar-refractivity contribution >= 4 is 30.4 Å². The molecule has 0 aliphatic heterocycles. The smallest absolute Gasteiger partial charge is 0.255 e. The van der Waals surface area contributed by atoms with E-state index in [1.54, 1.807) is 6.07 Å². The molecule has 1 heterocycles. The SMILES string of the molecule is CCCCC[PH](=O)Cc1ccc(NC(=O)c2ccc3cc(-c4ccc(C)cc4)oc3c2)cc1. The number of hydrogen-bond donors (Lipinski definition) is 1. The molecule has 4 aromatic rings. The third-order valence-electron chi connectivity index (χ3n) is 5.79. The average molecular weight is 460 g/mol. The monoisotopic (exact) mass is 459 g/mol. The normalized spacial score (nSPS) is 12.1. The van der Waals surface area contributed by atoms with Gasteiger partial charge in [0.2, 0.25) is 0 Å². The second kappa shape index (κ2) is 10.7. The van der Waals surface area contributed by atoms with Crippen molar-refractivity contribution in [2.24, 2.45) is 0 Å². The molecule has 0 aliphatic rings. The van der Waals surface area contributed by atoms with E-state index in [0.717, 1.165) is 47.7 Å². The summed E-state index contributed by atoms with van der Waals surface area (Å²) in [5.74, 6) is 0.596. The van der Waals surface area contributed by atoms with Gasteiger partial charge in [0.15, 0.2) is 0 Å². The molecule has 3 aromatic carbocycles. The zero-order valence-electron chi connectivity index (χ0n) is 19.2. The number of carbonyl (C=O) groups excluding carboxylic acids is 1. The predicted molar refractivity (Wildman–Crippen MR) is 138 cm³/mol. The first kappa shape index (κ1) is 23.1. The number of nitrogens with one attached hydrogen (secondary N) is 1. The second-order valence-electron chi connectivity index (χ2n) is 8.55. The van der Waals surface area contributed by atoms with Gasteiger partial charge in [0.05, 0.1) is 7.80 Å². The lowest BCUT2D eigenvalue weighted by molar-refractivity contribution is 0.102. The van der Waals surface area contributed by atoms with Crippen LogP contribution in [-0.4, -0.2) is 12.1 Å². The second-order valence-corrected chi connectivity index (χ2v) is 10.5. The minimum absolute atomic E-state index is 0.189. The van der Waals surface area contributed by atoms with Gasteiger partial charge in [-0.25, -0.2) is 0 Å². The number of benzene rings is 3. The van der Waals surface area contributed by atoms with Gasteiger partial charge in [-0.05, 0) is 55.4 Å². The van der Waals surface area contributed by atoms with E-state index in [0.29, 0.717) is 23.0 Å². The van der Waals surface area contributed by atoms with Crippen molar-refractivity contribution < 1.29 is 13.8 Å². The van der Waals surface area contributed by atoms with E-state index in [1.807, 2.05) is 54.6 Å². The molecule has 33 heavy (non-hydrogen) atoms. The quantitative estimate of drug-likeness (QED) is 0.204. The van der Waals surface area contributed by atoms with Crippen molar-refractivity contribution in [1.29, 1.82) is 0 Å². The molecule has 0 saturated heterocycles. The summed E-state index contributed by atoms with van der Waals surface area (Å²) < 4.78 is 18.3. The Labute approximate surface area is 195 Å². The van der Waals surface area contributed by atoms with E-state index < -0.39 is 7.80 Å². The minimum Gasteiger partial charge on any atom is -0.456 e. The topological polar surface area (TPSA) is 59.3 Å². The summed E-state index contributed by atoms with van der Waals surface area (Å²) in [7, 11) is -1.58. The first-order valence-corrected chi connectivity index (χ1v) is 13.4. The molecule has 0 bridgehead atoms. The number of unbranched alkanes of at least 4 members (excludes halogenated alkanes) is 2. The number of anilines is 1. The van der Waals surface area contributed by atoms with Crippen molar-refractivity contribution in [2.45, 2.75) is 39.3 Å². The van der Waals surface area contributed by atoms with Crippen LogP contribution in [0.25, 0.3) is 22.3 Å². The van der Waals surface area contributed by atoms with Gasteiger partial charge >= 0.3 is 0 Å². The van der Waals surface area contributed by atoms with Gasteiger partial charge < -0.3 is 14.3 Å². The molecule has 0 spiro atoms. The molecule has 170 valence electrons. The Hall–Kier alpha value is -3.10. The Morgan fingerprint density at radius 3 is 2.42 bits per heavy atom. The number of aryl methyl sites for hydroxylation is 1. The Kier molecular flexibility index (Phi) is 7.47. The van der Waals surface area contributed by atoms with Crippen molar-refractivity contribution in [2.75, 3.05) is 11.5 Å². The summed E-state index contributed by atoms with van der Waals surface area (Å²) >= 11 is 0. The van der Waals surface area contributed by atoms with Gasteiger partial charge in [-0.1, -0.05) is 67.8 Å². The molecule has 4 rings (SSSR count). The Balaban J connectivity index is 1.41. The fraction of sp³-hybridized carbons (Fsp3) is 0.250. The van der Waals surface area contributed by atoms with Gasteiger partial charge in [0, 0.05) is 28.4 Å². The van der Waals surface area contributed by atoms with Crippen LogP contribution in [-0.2, 0) is 10.7 Å². The fourth-order valence-electron chi connectivity index (χ4n) is 3.83. The van der Waals surface area contributed by atoms with Crippen molar-refractivity contribution in [3.05, 3.63) is 89.5 Å². The molecule has 4 nitrogen and oxygen atoms in total. The van der Waals surface area contributed by atoms with Crippen molar-refractivity contribution in [3.8, 4) is 11.3 Å². The van der Waals surface area contributed by atoms with Crippen molar-refractivity contribution in [3.63, 3.8) is 0 Å². The number of fused-ring (bicyclic) bond motifs is 1. The molecule has 0 saturated carbocycles. The number of furan rings is 1. The van der Waals surface area contributed by atoms with E-state index in [4.69, 9.17) is 4.42 Å². The first-order valence-electron chi connectivity index (χ1n) is 11.5. The number of hydrogen-bond acceptors (Lipinski definition) is 3. The molecule has 1 unspecified atom stereocenters. The number of amides is 1. The van der Waals surface area contributed by atoms with Crippen LogP contribution in [0, 0.1) is 6.92 Å². The molecular weight excluding hydrogens is 429 g/mol. The van der Waals surface area contributed by atoms with Crippen LogP contribution in [0.2, 0.25) is 0 Å². The molecule has 1 aromatic heterocycles. The average Bonchev–Trinajstić information content (AvgIpc) is 3.24. The largest absolute Gasteiger partial charge is 0.456 e. The first-order chi connectivity index (χ1) is 16.0. The van der Waals surface area contributed by atoms with Crippen LogP contribution in [0.3, 0.4) is 0 Å². The predicted octanol–water partition coefficient (Wildman–Crippen LogP) is 7.91. The Bertz CT molecular complexity index is 1260. The third kappa shape index (κ3) is 6.03. The molecule has 0 radical (unpaired) electrons. The zero-order valence-corrected chi connectivity index (χ0v) is 20.2. The van der Waals surface area contributed by atoms with Crippen LogP contribution in [0.5, 0.6) is 0 Å². The molecule has 0 aliphatic carbocycles. The molecule has 1 N–H and O–H groups in total. The highest BCUT2D eigenvalue weighted by molar-refractivity contribution is 7.43. The lowest BCUT2D eigenvalue weighted by Gasteiger charge is -2.07. The van der Waals surface area contributed by atoms with Crippen LogP contribution in [0.4, 0.5) is 5.69 Å². The maximum Gasteiger partial charge on any atom is 0.255 e. The lowest BCUT2D eigenvalue weighted by atomic mass is 10.1. The van der Waals surface area contributed by atoms with Gasteiger partial charge in [-0.15, -0.1) is 0 Å². The van der Waals surface area contributed by atoms with Crippen LogP contribution in [0.1, 0.15) is 47.7 Å². The van der Waals surface area contributed by atoms with E-state index in [9.17, 15) is 9.36 Å². The Morgan fingerprint density at radius 1 is 0.939 bits per heavy atom. The van der Waals surface area contributed by atoms with Gasteiger partial charge in [-0.3, -0.25) is 4.79 Å². The van der Waals surface area contributed by atoms with Crippen LogP contribution in [0.15, 0.2) is 77.2 Å². The maximum absolute atomic E-state index is 12.8. The third-order valence-corrected chi connectivity index (χ3v) is 7.50. The maximum atomic E-state index is 12.8. The number of rotatable bonds is 9. The van der Waals surface area contributed by atoms with Gasteiger partial charge in [-0.2, -0.15) is 0 Å². The summed E-state index contributed by atoms with van der Waals surface area (Å²) in [6, 6.07) is 23.3. The summed E-state index contributed by atoms with van der Waals surface area (Å²) in [6.45, 7) is 4.21. The number of carbonyl (C=O) groups is 1. The fourth-order valence-corrected chi connectivity index (χ4v) is 5.34. The van der Waals surface area contributed by atoms with Gasteiger partial charge in [0.25, 0.3) is 5.91 Å². The summed E-state index contributed by atoms with van der Waals surface area (Å²) in [5, 5.41) is 3.90. The molecule has 1 atom stereocenters. The molecular formula is C28H30NO3P. The summed E-state index contributed by atoms with van der Waals surface area (Å²) in [6.07, 6.45) is 4.76. The van der Waals surface area contributed by atoms with E-state index in [-0.39, 0.29) is 5.91 Å². The molecule has 5 heteroatoms.